The summed E-state index contributed by atoms with van der Waals surface area (Å²) in [6.45, 7) is 1.64. The number of hydrogen-bond acceptors (Lipinski definition) is 5. The van der Waals surface area contributed by atoms with E-state index in [-0.39, 0.29) is 16.9 Å². The number of carbonyl (C=O) groups is 2. The monoisotopic (exact) mass is 483 g/mol. The molecule has 0 aliphatic heterocycles. The van der Waals surface area contributed by atoms with Crippen molar-refractivity contribution in [3.63, 3.8) is 0 Å². The fraction of sp³-hybridized carbons (Fsp3) is 0.125. The molecule has 0 radical (unpaired) electrons. The Balaban J connectivity index is 1.53. The van der Waals surface area contributed by atoms with Crippen LogP contribution in [0.3, 0.4) is 0 Å². The van der Waals surface area contributed by atoms with E-state index in [2.05, 4.69) is 16.0 Å². The molecule has 1 unspecified atom stereocenters. The van der Waals surface area contributed by atoms with E-state index in [0.29, 0.717) is 33.5 Å². The Kier molecular flexibility index (Phi) is 8.23. The van der Waals surface area contributed by atoms with Crippen molar-refractivity contribution in [1.82, 2.24) is 5.32 Å². The lowest BCUT2D eigenvalue weighted by Gasteiger charge is -2.16. The second-order valence-electron chi connectivity index (χ2n) is 6.87. The van der Waals surface area contributed by atoms with Crippen LogP contribution in [0.5, 0.6) is 11.5 Å². The lowest BCUT2D eigenvalue weighted by Crippen LogP contribution is -2.34. The maximum absolute atomic E-state index is 12.4. The minimum Gasteiger partial charge on any atom is -0.496 e. The molecule has 3 aromatic rings. The molecule has 0 aliphatic carbocycles. The molecule has 0 saturated carbocycles. The fourth-order valence-electron chi connectivity index (χ4n) is 2.83. The van der Waals surface area contributed by atoms with Gasteiger partial charge in [-0.1, -0.05) is 35.9 Å². The summed E-state index contributed by atoms with van der Waals surface area (Å²) < 4.78 is 10.8. The van der Waals surface area contributed by atoms with Crippen molar-refractivity contribution < 1.29 is 19.1 Å². The number of anilines is 2. The highest BCUT2D eigenvalue weighted by atomic mass is 35.5. The Morgan fingerprint density at radius 2 is 1.45 bits per heavy atom. The molecule has 2 amide bonds. The van der Waals surface area contributed by atoms with E-state index in [1.807, 2.05) is 0 Å². The Morgan fingerprint density at radius 3 is 2.09 bits per heavy atom. The molecule has 3 aromatic carbocycles. The van der Waals surface area contributed by atoms with E-state index in [4.69, 9.17) is 33.3 Å². The SMILES string of the molecule is COc1ccccc1C(=O)NC(=S)Nc1ccc(NC(=O)C(C)Oc2ccccc2Cl)cc1. The van der Waals surface area contributed by atoms with Gasteiger partial charge in [0, 0.05) is 11.4 Å². The van der Waals surface area contributed by atoms with E-state index in [0.717, 1.165) is 0 Å². The lowest BCUT2D eigenvalue weighted by molar-refractivity contribution is -0.122. The number of hydrogen-bond donors (Lipinski definition) is 3. The van der Waals surface area contributed by atoms with Gasteiger partial charge in [0.15, 0.2) is 11.2 Å². The third-order valence-electron chi connectivity index (χ3n) is 4.50. The average molecular weight is 484 g/mol. The highest BCUT2D eigenvalue weighted by Crippen LogP contribution is 2.24. The van der Waals surface area contributed by atoms with Gasteiger partial charge >= 0.3 is 0 Å². The molecule has 9 heteroatoms. The predicted octanol–water partition coefficient (Wildman–Crippen LogP) is 4.88. The maximum atomic E-state index is 12.4. The fourth-order valence-corrected chi connectivity index (χ4v) is 3.22. The van der Waals surface area contributed by atoms with Crippen molar-refractivity contribution in [3.8, 4) is 11.5 Å². The van der Waals surface area contributed by atoms with E-state index < -0.39 is 6.10 Å². The molecule has 3 N–H and O–H groups in total. The van der Waals surface area contributed by atoms with Crippen molar-refractivity contribution in [1.29, 1.82) is 0 Å². The number of benzene rings is 3. The summed E-state index contributed by atoms with van der Waals surface area (Å²) in [5, 5.41) is 8.88. The van der Waals surface area contributed by atoms with Gasteiger partial charge in [-0.05, 0) is 67.7 Å². The first-order chi connectivity index (χ1) is 15.9. The number of amides is 2. The topological polar surface area (TPSA) is 88.7 Å². The molecular formula is C24H22ClN3O4S. The van der Waals surface area contributed by atoms with Crippen LogP contribution in [-0.2, 0) is 4.79 Å². The number of para-hydroxylation sites is 2. The van der Waals surface area contributed by atoms with Gasteiger partial charge in [0.25, 0.3) is 11.8 Å². The van der Waals surface area contributed by atoms with E-state index >= 15 is 0 Å². The first-order valence-electron chi connectivity index (χ1n) is 9.95. The molecule has 0 fully saturated rings. The smallest absolute Gasteiger partial charge is 0.265 e. The van der Waals surface area contributed by atoms with Crippen LogP contribution in [0.1, 0.15) is 17.3 Å². The molecule has 0 bridgehead atoms. The highest BCUT2D eigenvalue weighted by molar-refractivity contribution is 7.80. The van der Waals surface area contributed by atoms with E-state index in [1.165, 1.54) is 7.11 Å². The van der Waals surface area contributed by atoms with Crippen molar-refractivity contribution in [2.45, 2.75) is 13.0 Å². The molecule has 33 heavy (non-hydrogen) atoms. The van der Waals surface area contributed by atoms with Gasteiger partial charge in [0.05, 0.1) is 17.7 Å². The number of methoxy groups -OCH3 is 1. The molecule has 0 spiro atoms. The first-order valence-corrected chi connectivity index (χ1v) is 10.7. The largest absolute Gasteiger partial charge is 0.496 e. The molecule has 7 nitrogen and oxygen atoms in total. The van der Waals surface area contributed by atoms with Crippen LogP contribution in [0.25, 0.3) is 0 Å². The minimum atomic E-state index is -0.750. The van der Waals surface area contributed by atoms with E-state index in [1.54, 1.807) is 79.7 Å². The second kappa shape index (κ2) is 11.3. The maximum Gasteiger partial charge on any atom is 0.265 e. The quantitative estimate of drug-likeness (QED) is 0.415. The number of ether oxygens (including phenoxy) is 2. The average Bonchev–Trinajstić information content (AvgIpc) is 2.81. The molecule has 0 aliphatic rings. The molecule has 0 heterocycles. The van der Waals surface area contributed by atoms with Crippen molar-refractivity contribution >= 4 is 52.1 Å². The van der Waals surface area contributed by atoms with Crippen molar-refractivity contribution in [2.75, 3.05) is 17.7 Å². The van der Waals surface area contributed by atoms with Crippen LogP contribution >= 0.6 is 23.8 Å². The number of carbonyl (C=O) groups excluding carboxylic acids is 2. The van der Waals surface area contributed by atoms with Gasteiger partial charge in [-0.2, -0.15) is 0 Å². The normalized spacial score (nSPS) is 11.1. The van der Waals surface area contributed by atoms with Crippen LogP contribution in [0.2, 0.25) is 5.02 Å². The number of thiocarbonyl (C=S) groups is 1. The Morgan fingerprint density at radius 1 is 0.879 bits per heavy atom. The lowest BCUT2D eigenvalue weighted by atomic mass is 10.2. The summed E-state index contributed by atoms with van der Waals surface area (Å²) in [6.07, 6.45) is -0.750. The molecule has 170 valence electrons. The number of nitrogens with one attached hydrogen (secondary N) is 3. The summed E-state index contributed by atoms with van der Waals surface area (Å²) in [4.78, 5) is 24.9. The first kappa shape index (κ1) is 24.0. The van der Waals surface area contributed by atoms with Crippen molar-refractivity contribution in [3.05, 3.63) is 83.4 Å². The highest BCUT2D eigenvalue weighted by Gasteiger charge is 2.16. The van der Waals surface area contributed by atoms with Crippen LogP contribution < -0.4 is 25.4 Å². The molecular weight excluding hydrogens is 462 g/mol. The molecule has 0 aromatic heterocycles. The van der Waals surface area contributed by atoms with Crippen LogP contribution in [0.4, 0.5) is 11.4 Å². The van der Waals surface area contributed by atoms with Gasteiger partial charge in [0.2, 0.25) is 0 Å². The summed E-state index contributed by atoms with van der Waals surface area (Å²) >= 11 is 11.3. The Labute approximate surface area is 202 Å². The van der Waals surface area contributed by atoms with Gasteiger partial charge < -0.3 is 20.1 Å². The van der Waals surface area contributed by atoms with E-state index in [9.17, 15) is 9.59 Å². The molecule has 0 saturated heterocycles. The second-order valence-corrected chi connectivity index (χ2v) is 7.68. The van der Waals surface area contributed by atoms with Gasteiger partial charge in [-0.25, -0.2) is 0 Å². The van der Waals surface area contributed by atoms with Gasteiger partial charge in [0.1, 0.15) is 11.5 Å². The third kappa shape index (κ3) is 6.68. The van der Waals surface area contributed by atoms with Crippen molar-refractivity contribution in [2.24, 2.45) is 0 Å². The number of rotatable bonds is 7. The third-order valence-corrected chi connectivity index (χ3v) is 5.01. The Hall–Kier alpha value is -3.62. The molecule has 1 atom stereocenters. The Bertz CT molecular complexity index is 1150. The number of halogens is 1. The van der Waals surface area contributed by atoms with Gasteiger partial charge in [-0.15, -0.1) is 0 Å². The van der Waals surface area contributed by atoms with Crippen LogP contribution in [0, 0.1) is 0 Å². The summed E-state index contributed by atoms with van der Waals surface area (Å²) in [7, 11) is 1.49. The minimum absolute atomic E-state index is 0.129. The van der Waals surface area contributed by atoms with Crippen LogP contribution in [0.15, 0.2) is 72.8 Å². The van der Waals surface area contributed by atoms with Gasteiger partial charge in [-0.3, -0.25) is 14.9 Å². The zero-order chi connectivity index (χ0) is 23.8. The molecule has 3 rings (SSSR count). The standard InChI is InChI=1S/C24H22ClN3O4S/c1-15(32-21-10-6-4-8-19(21)25)22(29)26-16-11-13-17(14-12-16)27-24(33)28-23(30)18-7-3-5-9-20(18)31-2/h3-15H,1-2H3,(H,26,29)(H2,27,28,30,33). The van der Waals surface area contributed by atoms with Crippen LogP contribution in [-0.4, -0.2) is 30.1 Å². The summed E-state index contributed by atoms with van der Waals surface area (Å²) in [6, 6.07) is 20.6. The summed E-state index contributed by atoms with van der Waals surface area (Å²) in [5.41, 5.74) is 1.58. The zero-order valence-electron chi connectivity index (χ0n) is 17.9. The summed E-state index contributed by atoms with van der Waals surface area (Å²) in [5.74, 6) is 0.173. The zero-order valence-corrected chi connectivity index (χ0v) is 19.5. The predicted molar refractivity (Wildman–Crippen MR) is 133 cm³/mol.